The van der Waals surface area contributed by atoms with E-state index in [0.717, 1.165) is 16.9 Å². The van der Waals surface area contributed by atoms with Gasteiger partial charge in [0.15, 0.2) is 5.13 Å². The summed E-state index contributed by atoms with van der Waals surface area (Å²) in [4.78, 5) is 30.1. The van der Waals surface area contributed by atoms with Crippen LogP contribution in [0.5, 0.6) is 11.5 Å². The molecule has 0 aliphatic heterocycles. The molecule has 0 aliphatic rings. The summed E-state index contributed by atoms with van der Waals surface area (Å²) >= 11 is 1.05. The molecule has 7 nitrogen and oxygen atoms in total. The predicted molar refractivity (Wildman–Crippen MR) is 111 cm³/mol. The third-order valence-corrected chi connectivity index (χ3v) is 4.96. The molecule has 0 atom stereocenters. The summed E-state index contributed by atoms with van der Waals surface area (Å²) in [6.45, 7) is 1.98. The number of thiazole rings is 1. The van der Waals surface area contributed by atoms with E-state index in [1.807, 2.05) is 30.3 Å². The average Bonchev–Trinajstić information content (AvgIpc) is 3.17. The highest BCUT2D eigenvalue weighted by atomic mass is 32.1. The van der Waals surface area contributed by atoms with Crippen LogP contribution in [0.3, 0.4) is 0 Å². The van der Waals surface area contributed by atoms with Gasteiger partial charge in [-0.2, -0.15) is 0 Å². The summed E-state index contributed by atoms with van der Waals surface area (Å²) in [7, 11) is 2.95. The molecule has 0 saturated carbocycles. The number of benzene rings is 2. The normalized spacial score (nSPS) is 10.3. The summed E-state index contributed by atoms with van der Waals surface area (Å²) in [5, 5.41) is 3.00. The first kappa shape index (κ1) is 20.3. The van der Waals surface area contributed by atoms with Gasteiger partial charge in [-0.05, 0) is 19.1 Å². The first-order valence-electron chi connectivity index (χ1n) is 8.84. The molecule has 0 radical (unpaired) electrons. The molecule has 1 N–H and O–H groups in total. The van der Waals surface area contributed by atoms with Gasteiger partial charge in [0.25, 0.3) is 5.91 Å². The van der Waals surface area contributed by atoms with Gasteiger partial charge in [0.1, 0.15) is 21.9 Å². The van der Waals surface area contributed by atoms with Crippen LogP contribution < -0.4 is 14.8 Å². The number of amides is 1. The summed E-state index contributed by atoms with van der Waals surface area (Å²) in [6, 6.07) is 14.3. The van der Waals surface area contributed by atoms with Crippen LogP contribution >= 0.6 is 11.3 Å². The fourth-order valence-corrected chi connectivity index (χ4v) is 3.61. The molecule has 0 aliphatic carbocycles. The Hall–Kier alpha value is -3.39. The predicted octanol–water partition coefficient (Wildman–Crippen LogP) is 4.26. The van der Waals surface area contributed by atoms with E-state index in [4.69, 9.17) is 14.2 Å². The topological polar surface area (TPSA) is 86.8 Å². The van der Waals surface area contributed by atoms with E-state index in [0.29, 0.717) is 22.1 Å². The number of carbonyl (C=O) groups is 2. The van der Waals surface area contributed by atoms with Crippen LogP contribution in [0.15, 0.2) is 48.5 Å². The summed E-state index contributed by atoms with van der Waals surface area (Å²) < 4.78 is 15.7. The lowest BCUT2D eigenvalue weighted by Gasteiger charge is -2.11. The Morgan fingerprint density at radius 2 is 1.66 bits per heavy atom. The van der Waals surface area contributed by atoms with Crippen LogP contribution in [-0.4, -0.2) is 37.7 Å². The van der Waals surface area contributed by atoms with Crippen LogP contribution in [-0.2, 0) is 4.74 Å². The van der Waals surface area contributed by atoms with Gasteiger partial charge < -0.3 is 14.2 Å². The van der Waals surface area contributed by atoms with E-state index in [1.165, 1.54) is 14.2 Å². The maximum Gasteiger partial charge on any atom is 0.350 e. The summed E-state index contributed by atoms with van der Waals surface area (Å²) in [5.41, 5.74) is 1.45. The Kier molecular flexibility index (Phi) is 6.46. The van der Waals surface area contributed by atoms with E-state index >= 15 is 0 Å². The number of ether oxygens (including phenoxy) is 3. The van der Waals surface area contributed by atoms with E-state index < -0.39 is 11.9 Å². The van der Waals surface area contributed by atoms with Crippen LogP contribution in [0.25, 0.3) is 11.3 Å². The number of esters is 1. The lowest BCUT2D eigenvalue weighted by atomic mass is 10.1. The van der Waals surface area contributed by atoms with Crippen LogP contribution in [0.1, 0.15) is 27.0 Å². The van der Waals surface area contributed by atoms with Gasteiger partial charge >= 0.3 is 5.97 Å². The quantitative estimate of drug-likeness (QED) is 0.584. The number of nitrogens with one attached hydrogen (secondary N) is 1. The molecule has 0 saturated heterocycles. The van der Waals surface area contributed by atoms with Crippen molar-refractivity contribution in [2.24, 2.45) is 0 Å². The molecule has 0 unspecified atom stereocenters. The molecule has 3 rings (SSSR count). The Morgan fingerprint density at radius 1 is 1.00 bits per heavy atom. The van der Waals surface area contributed by atoms with E-state index in [-0.39, 0.29) is 17.3 Å². The van der Waals surface area contributed by atoms with Crippen LogP contribution in [0.4, 0.5) is 5.13 Å². The smallest absolute Gasteiger partial charge is 0.350 e. The lowest BCUT2D eigenvalue weighted by Crippen LogP contribution is -2.14. The maximum absolute atomic E-state index is 12.9. The molecular formula is C21H20N2O5S. The molecule has 150 valence electrons. The van der Waals surface area contributed by atoms with Crippen LogP contribution in [0.2, 0.25) is 0 Å². The third-order valence-electron chi connectivity index (χ3n) is 4.01. The minimum atomic E-state index is -0.487. The zero-order valence-electron chi connectivity index (χ0n) is 16.2. The number of nitrogens with zero attached hydrogens (tertiary/aromatic N) is 1. The van der Waals surface area contributed by atoms with Gasteiger partial charge in [0.05, 0.1) is 26.5 Å². The number of anilines is 1. The summed E-state index contributed by atoms with van der Waals surface area (Å²) in [5.74, 6) is -0.207. The molecule has 0 fully saturated rings. The molecule has 2 aromatic carbocycles. The van der Waals surface area contributed by atoms with Gasteiger partial charge in [0.2, 0.25) is 0 Å². The largest absolute Gasteiger partial charge is 0.496 e. The zero-order chi connectivity index (χ0) is 20.8. The maximum atomic E-state index is 12.9. The van der Waals surface area contributed by atoms with Gasteiger partial charge in [-0.3, -0.25) is 10.1 Å². The molecule has 3 aromatic rings. The Morgan fingerprint density at radius 3 is 2.24 bits per heavy atom. The number of rotatable bonds is 7. The number of aromatic nitrogens is 1. The monoisotopic (exact) mass is 412 g/mol. The Bertz CT molecular complexity index is 995. The third kappa shape index (κ3) is 4.38. The van der Waals surface area contributed by atoms with E-state index in [1.54, 1.807) is 25.1 Å². The number of hydrogen-bond acceptors (Lipinski definition) is 7. The molecule has 1 amide bonds. The van der Waals surface area contributed by atoms with Crippen molar-refractivity contribution < 1.29 is 23.8 Å². The fourth-order valence-electron chi connectivity index (χ4n) is 2.73. The standard InChI is InChI=1S/C21H20N2O5S/c1-4-28-20(25)18-17(13-9-6-5-7-10-13)22-21(29-18)23-19(24)16-14(26-2)11-8-12-15(16)27-3/h5-12H,4H2,1-3H3,(H,22,23,24). The van der Waals surface area contributed by atoms with Crippen molar-refractivity contribution in [2.45, 2.75) is 6.92 Å². The van der Waals surface area contributed by atoms with Crippen molar-refractivity contribution in [3.8, 4) is 22.8 Å². The second kappa shape index (κ2) is 9.20. The second-order valence-corrected chi connectivity index (χ2v) is 6.77. The minimum absolute atomic E-state index is 0.241. The molecule has 0 spiro atoms. The molecule has 0 bridgehead atoms. The van der Waals surface area contributed by atoms with Crippen molar-refractivity contribution in [1.82, 2.24) is 4.98 Å². The highest BCUT2D eigenvalue weighted by molar-refractivity contribution is 7.18. The molecule has 29 heavy (non-hydrogen) atoms. The van der Waals surface area contributed by atoms with Crippen molar-refractivity contribution in [2.75, 3.05) is 26.1 Å². The first-order chi connectivity index (χ1) is 14.1. The fraction of sp³-hybridized carbons (Fsp3) is 0.190. The van der Waals surface area contributed by atoms with Gasteiger partial charge in [-0.1, -0.05) is 47.7 Å². The molecule has 1 aromatic heterocycles. The second-order valence-electron chi connectivity index (χ2n) is 5.77. The Balaban J connectivity index is 1.98. The molecule has 1 heterocycles. The van der Waals surface area contributed by atoms with Crippen LogP contribution in [0, 0.1) is 0 Å². The van der Waals surface area contributed by atoms with Crippen molar-refractivity contribution in [3.05, 3.63) is 59.0 Å². The first-order valence-corrected chi connectivity index (χ1v) is 9.66. The minimum Gasteiger partial charge on any atom is -0.496 e. The molecule has 8 heteroatoms. The SMILES string of the molecule is CCOC(=O)c1sc(NC(=O)c2c(OC)cccc2OC)nc1-c1ccccc1. The van der Waals surface area contributed by atoms with Gasteiger partial charge in [0, 0.05) is 5.56 Å². The average molecular weight is 412 g/mol. The molecular weight excluding hydrogens is 392 g/mol. The highest BCUT2D eigenvalue weighted by Crippen LogP contribution is 2.34. The number of carbonyl (C=O) groups excluding carboxylic acids is 2. The van der Waals surface area contributed by atoms with Gasteiger partial charge in [-0.25, -0.2) is 9.78 Å². The summed E-state index contributed by atoms with van der Waals surface area (Å²) in [6.07, 6.45) is 0. The van der Waals surface area contributed by atoms with Crippen molar-refractivity contribution >= 4 is 28.3 Å². The van der Waals surface area contributed by atoms with Crippen molar-refractivity contribution in [3.63, 3.8) is 0 Å². The lowest BCUT2D eigenvalue weighted by molar-refractivity contribution is 0.0532. The highest BCUT2D eigenvalue weighted by Gasteiger charge is 2.24. The number of methoxy groups -OCH3 is 2. The Labute approximate surface area is 172 Å². The zero-order valence-corrected chi connectivity index (χ0v) is 17.0. The van der Waals surface area contributed by atoms with Crippen molar-refractivity contribution in [1.29, 1.82) is 0 Å². The van der Waals surface area contributed by atoms with E-state index in [9.17, 15) is 9.59 Å². The van der Waals surface area contributed by atoms with Gasteiger partial charge in [-0.15, -0.1) is 0 Å². The number of hydrogen-bond donors (Lipinski definition) is 1. The van der Waals surface area contributed by atoms with E-state index in [2.05, 4.69) is 10.3 Å².